The fraction of sp³-hybridized carbons (Fsp3) is 0.781. The van der Waals surface area contributed by atoms with Crippen molar-refractivity contribution in [2.75, 3.05) is 31.1 Å². The standard InChI is InChI=1S/C32H56I2N6O6S/c1-10-16-35-28(43)25(41)22(19-21-14-15-21)36-27(42)23-13-12-18-40(23)29(44)26(32(6,7)8)38-30(45)37-24(31(3,4)5)20-39(17-11-2)47(46)34(9)33/h10,21-24,26H,1,11-20H2,2-9H3,(H,35,43)(H,36,42)(H2,37,38,45)/t22?,23-,24+,26+,47?/m0/s1. The summed E-state index contributed by atoms with van der Waals surface area (Å²) in [6.45, 7) is 18.7. The number of halogens is 2. The van der Waals surface area contributed by atoms with Gasteiger partial charge in [-0.3, -0.25) is 14.4 Å². The number of nitrogens with one attached hydrogen (secondary N) is 4. The van der Waals surface area contributed by atoms with Gasteiger partial charge in [-0.15, -0.1) is 6.58 Å². The van der Waals surface area contributed by atoms with Crippen molar-refractivity contribution in [3.8, 4) is 0 Å². The summed E-state index contributed by atoms with van der Waals surface area (Å²) in [5.74, 6) is -2.08. The van der Waals surface area contributed by atoms with Gasteiger partial charge in [-0.1, -0.05) is 18.9 Å². The SMILES string of the molecule is C=CCNC(=O)C(=O)C(CC1CC1)NC(=O)[C@@H]1CCCN1C(=O)[C@@H](NC(=O)N[C@H](CN(CCC)S(=O)I(C)I)C(C)(C)C)C(C)(C)C. The Labute approximate surface area is 299 Å². The Kier molecular flexibility index (Phi) is 16.6. The predicted molar refractivity (Wildman–Crippen MR) is 204 cm³/mol. The number of carbonyl (C=O) groups excluding carboxylic acids is 5. The van der Waals surface area contributed by atoms with Crippen molar-refractivity contribution in [2.24, 2.45) is 16.7 Å². The number of urea groups is 1. The van der Waals surface area contributed by atoms with Crippen LogP contribution in [0.4, 0.5) is 4.79 Å². The molecule has 2 rings (SSSR count). The molecule has 2 aliphatic rings. The molecule has 1 aliphatic carbocycles. The average molecular weight is 907 g/mol. The summed E-state index contributed by atoms with van der Waals surface area (Å²) in [6.07, 6.45) is 5.55. The van der Waals surface area contributed by atoms with Crippen LogP contribution in [0.5, 0.6) is 0 Å². The number of nitrogens with zero attached hydrogens (tertiary/aromatic N) is 2. The Balaban J connectivity index is 2.21. The summed E-state index contributed by atoms with van der Waals surface area (Å²) in [7, 11) is -1.08. The van der Waals surface area contributed by atoms with E-state index in [0.717, 1.165) is 19.3 Å². The zero-order valence-corrected chi connectivity index (χ0v) is 34.4. The van der Waals surface area contributed by atoms with Gasteiger partial charge in [0.05, 0.1) is 6.04 Å². The van der Waals surface area contributed by atoms with Crippen LogP contribution >= 0.6 is 33.1 Å². The first-order valence-electron chi connectivity index (χ1n) is 16.4. The minimum absolute atomic E-state index is 0.140. The number of rotatable bonds is 17. The van der Waals surface area contributed by atoms with Crippen LogP contribution in [0.3, 0.4) is 0 Å². The molecule has 0 bridgehead atoms. The number of likely N-dealkylation sites (tertiary alicyclic amines) is 1. The number of Topliss-reactive ketones (excluding diaryl/α,β-unsaturated/α-hetero) is 1. The molecule has 1 saturated heterocycles. The van der Waals surface area contributed by atoms with Gasteiger partial charge in [-0.25, -0.2) is 0 Å². The van der Waals surface area contributed by atoms with Crippen molar-refractivity contribution in [3.63, 3.8) is 0 Å². The van der Waals surface area contributed by atoms with Crippen molar-refractivity contribution in [3.05, 3.63) is 12.7 Å². The van der Waals surface area contributed by atoms with Gasteiger partial charge in [-0.05, 0) is 12.3 Å². The summed E-state index contributed by atoms with van der Waals surface area (Å²) in [4.78, 5) is 70.2. The van der Waals surface area contributed by atoms with Gasteiger partial charge in [0.1, 0.15) is 0 Å². The van der Waals surface area contributed by atoms with Gasteiger partial charge in [0.25, 0.3) is 5.91 Å². The number of alkyl halides is 1. The first-order chi connectivity index (χ1) is 21.8. The van der Waals surface area contributed by atoms with Crippen molar-refractivity contribution < 1.29 is 28.2 Å². The molecule has 12 nitrogen and oxygen atoms in total. The maximum absolute atomic E-state index is 14.1. The Hall–Kier alpha value is -1.34. The van der Waals surface area contributed by atoms with Crippen LogP contribution in [0.25, 0.3) is 0 Å². The van der Waals surface area contributed by atoms with Crippen LogP contribution in [0.2, 0.25) is 0 Å². The average Bonchev–Trinajstić information content (AvgIpc) is 3.66. The van der Waals surface area contributed by atoms with Crippen LogP contribution in [-0.4, -0.2) is 98.2 Å². The van der Waals surface area contributed by atoms with E-state index >= 15 is 0 Å². The maximum atomic E-state index is 14.1. The zero-order chi connectivity index (χ0) is 35.7. The van der Waals surface area contributed by atoms with Crippen molar-refractivity contribution in [2.45, 2.75) is 111 Å². The molecule has 0 spiro atoms. The van der Waals surface area contributed by atoms with Crippen LogP contribution in [0, 0.1) is 16.7 Å². The molecule has 4 N–H and O–H groups in total. The fourth-order valence-electron chi connectivity index (χ4n) is 5.39. The van der Waals surface area contributed by atoms with E-state index in [2.05, 4.69) is 46.5 Å². The van der Waals surface area contributed by atoms with Crippen LogP contribution in [0.1, 0.15) is 87.0 Å². The van der Waals surface area contributed by atoms with E-state index < -0.39 is 69.8 Å². The molecule has 0 radical (unpaired) electrons. The third-order valence-corrected chi connectivity index (χ3v) is 20.0. The third kappa shape index (κ3) is 13.1. The third-order valence-electron chi connectivity index (χ3n) is 8.35. The van der Waals surface area contributed by atoms with Gasteiger partial charge in [-0.2, -0.15) is 0 Å². The molecule has 15 heteroatoms. The Bertz CT molecular complexity index is 1170. The summed E-state index contributed by atoms with van der Waals surface area (Å²) in [5.41, 5.74) is -1.05. The van der Waals surface area contributed by atoms with E-state index in [9.17, 15) is 28.2 Å². The number of ketones is 1. The van der Waals surface area contributed by atoms with Gasteiger partial charge in [0.15, 0.2) is 0 Å². The number of amides is 5. The second kappa shape index (κ2) is 18.6. The number of hydrogen-bond donors (Lipinski definition) is 4. The molecule has 2 fully saturated rings. The number of carbonyl (C=O) groups is 5. The van der Waals surface area contributed by atoms with E-state index in [-0.39, 0.29) is 29.8 Å². The monoisotopic (exact) mass is 906 g/mol. The van der Waals surface area contributed by atoms with E-state index in [1.807, 2.05) is 57.7 Å². The molecular formula is C32H56I2N6O6S. The predicted octanol–water partition coefficient (Wildman–Crippen LogP) is 4.04. The quantitative estimate of drug-likeness (QED) is 0.0568. The van der Waals surface area contributed by atoms with Crippen molar-refractivity contribution in [1.82, 2.24) is 30.5 Å². The molecule has 0 aromatic rings. The Morgan fingerprint density at radius 2 is 1.68 bits per heavy atom. The van der Waals surface area contributed by atoms with Gasteiger partial charge in [0.2, 0.25) is 5.78 Å². The fourth-order valence-corrected chi connectivity index (χ4v) is 13.9. The summed E-state index contributed by atoms with van der Waals surface area (Å²) in [5, 5.41) is 11.2. The molecule has 1 aliphatic heterocycles. The summed E-state index contributed by atoms with van der Waals surface area (Å²) in [6, 6.07) is -3.62. The second-order valence-corrected chi connectivity index (χ2v) is 34.8. The van der Waals surface area contributed by atoms with Crippen LogP contribution in [-0.2, 0) is 27.3 Å². The zero-order valence-electron chi connectivity index (χ0n) is 29.3. The topological polar surface area (TPSA) is 157 Å². The first kappa shape index (κ1) is 41.8. The normalized spacial score (nSPS) is 19.7. The van der Waals surface area contributed by atoms with Crippen LogP contribution in [0.15, 0.2) is 12.7 Å². The molecule has 5 amide bonds. The Morgan fingerprint density at radius 1 is 1.04 bits per heavy atom. The van der Waals surface area contributed by atoms with Crippen molar-refractivity contribution in [1.29, 1.82) is 0 Å². The molecule has 0 aromatic heterocycles. The van der Waals surface area contributed by atoms with Crippen molar-refractivity contribution >= 4 is 70.8 Å². The minimum atomic E-state index is -1.68. The second-order valence-electron chi connectivity index (χ2n) is 14.6. The van der Waals surface area contributed by atoms with Gasteiger partial charge < -0.3 is 10.6 Å². The van der Waals surface area contributed by atoms with E-state index in [4.69, 9.17) is 0 Å². The van der Waals surface area contributed by atoms with E-state index in [1.165, 1.54) is 11.0 Å². The van der Waals surface area contributed by atoms with Gasteiger partial charge >= 0.3 is 214 Å². The molecule has 1 saturated carbocycles. The first-order valence-corrected chi connectivity index (χ1v) is 28.5. The molecular weight excluding hydrogens is 850 g/mol. The Morgan fingerprint density at radius 3 is 2.19 bits per heavy atom. The molecule has 47 heavy (non-hydrogen) atoms. The molecule has 5 atom stereocenters. The molecule has 0 aromatic carbocycles. The summed E-state index contributed by atoms with van der Waals surface area (Å²) < 4.78 is 15.0. The van der Waals surface area contributed by atoms with E-state index in [0.29, 0.717) is 38.9 Å². The molecule has 1 heterocycles. The summed E-state index contributed by atoms with van der Waals surface area (Å²) >= 11 is 0.619. The van der Waals surface area contributed by atoms with E-state index in [1.54, 1.807) is 0 Å². The number of hydrogen-bond acceptors (Lipinski definition) is 6. The molecule has 2 unspecified atom stereocenters. The molecule has 270 valence electrons. The van der Waals surface area contributed by atoms with Gasteiger partial charge in [0, 0.05) is 6.54 Å². The van der Waals surface area contributed by atoms with Crippen LogP contribution < -0.4 is 21.3 Å².